The number of nitrogens with one attached hydrogen (secondary N) is 2. The van der Waals surface area contributed by atoms with E-state index in [-0.39, 0.29) is 23.3 Å². The van der Waals surface area contributed by atoms with Gasteiger partial charge in [0.15, 0.2) is 0 Å². The van der Waals surface area contributed by atoms with E-state index in [0.717, 1.165) is 0 Å². The minimum absolute atomic E-state index is 0.0173. The molecule has 0 saturated carbocycles. The summed E-state index contributed by atoms with van der Waals surface area (Å²) in [7, 11) is 0. The highest BCUT2D eigenvalue weighted by Crippen LogP contribution is 2.07. The Morgan fingerprint density at radius 2 is 1.85 bits per heavy atom. The maximum Gasteiger partial charge on any atom is 0.252 e. The minimum Gasteiger partial charge on any atom is -0.352 e. The van der Waals surface area contributed by atoms with Crippen molar-refractivity contribution in [1.82, 2.24) is 20.4 Å². The predicted molar refractivity (Wildman–Crippen MR) is 107 cm³/mol. The number of carbonyl (C=O) groups excluding carboxylic acids is 3. The van der Waals surface area contributed by atoms with Crippen LogP contribution in [0.3, 0.4) is 0 Å². The number of carbonyl (C=O) groups is 3. The van der Waals surface area contributed by atoms with E-state index in [9.17, 15) is 14.4 Å². The molecule has 1 fully saturated rings. The van der Waals surface area contributed by atoms with Gasteiger partial charge in [0.1, 0.15) is 0 Å². The van der Waals surface area contributed by atoms with Crippen molar-refractivity contribution in [3.8, 4) is 0 Å². The summed E-state index contributed by atoms with van der Waals surface area (Å²) in [4.78, 5) is 40.0. The molecule has 0 spiro atoms. The lowest BCUT2D eigenvalue weighted by Crippen LogP contribution is -2.52. The van der Waals surface area contributed by atoms with Gasteiger partial charge in [0.25, 0.3) is 5.91 Å². The van der Waals surface area contributed by atoms with E-state index in [1.165, 1.54) is 11.3 Å². The smallest absolute Gasteiger partial charge is 0.252 e. The summed E-state index contributed by atoms with van der Waals surface area (Å²) < 4.78 is 0. The third kappa shape index (κ3) is 7.68. The third-order valence-electron chi connectivity index (χ3n) is 4.24. The van der Waals surface area contributed by atoms with Crippen LogP contribution in [0.1, 0.15) is 44.0 Å². The molecule has 2 N–H and O–H groups in total. The minimum atomic E-state index is -0.228. The van der Waals surface area contributed by atoms with E-state index >= 15 is 0 Å². The van der Waals surface area contributed by atoms with Crippen molar-refractivity contribution in [3.05, 3.63) is 22.4 Å². The fourth-order valence-corrected chi connectivity index (χ4v) is 3.55. The molecule has 1 aliphatic heterocycles. The quantitative estimate of drug-likeness (QED) is 0.684. The van der Waals surface area contributed by atoms with Crippen LogP contribution in [-0.2, 0) is 9.59 Å². The first-order valence-electron chi connectivity index (χ1n) is 9.36. The Labute approximate surface area is 165 Å². The van der Waals surface area contributed by atoms with Gasteiger partial charge in [-0.05, 0) is 38.6 Å². The van der Waals surface area contributed by atoms with Crippen LogP contribution >= 0.6 is 11.3 Å². The molecule has 27 heavy (non-hydrogen) atoms. The monoisotopic (exact) mass is 394 g/mol. The van der Waals surface area contributed by atoms with Crippen LogP contribution in [0.25, 0.3) is 0 Å². The van der Waals surface area contributed by atoms with Gasteiger partial charge in [0, 0.05) is 55.6 Å². The summed E-state index contributed by atoms with van der Waals surface area (Å²) in [5.41, 5.74) is 0.436. The zero-order chi connectivity index (χ0) is 19.9. The molecular weight excluding hydrogens is 364 g/mol. The summed E-state index contributed by atoms with van der Waals surface area (Å²) in [6.07, 6.45) is 1.05. The Bertz CT molecular complexity index is 632. The molecule has 150 valence electrons. The lowest BCUT2D eigenvalue weighted by atomic mass is 10.1. The maximum atomic E-state index is 12.3. The molecule has 0 aliphatic carbocycles. The van der Waals surface area contributed by atoms with Gasteiger partial charge in [-0.3, -0.25) is 19.3 Å². The Morgan fingerprint density at radius 1 is 1.15 bits per heavy atom. The Morgan fingerprint density at radius 3 is 2.44 bits per heavy atom. The van der Waals surface area contributed by atoms with Crippen LogP contribution in [0.5, 0.6) is 0 Å². The molecule has 2 heterocycles. The van der Waals surface area contributed by atoms with E-state index < -0.39 is 0 Å². The number of thiophene rings is 1. The molecule has 3 amide bonds. The van der Waals surface area contributed by atoms with Gasteiger partial charge in [0.2, 0.25) is 11.8 Å². The molecule has 0 radical (unpaired) electrons. The van der Waals surface area contributed by atoms with Gasteiger partial charge in [-0.25, -0.2) is 0 Å². The maximum absolute atomic E-state index is 12.3. The van der Waals surface area contributed by atoms with Crippen molar-refractivity contribution < 1.29 is 14.4 Å². The topological polar surface area (TPSA) is 81.8 Å². The molecule has 8 heteroatoms. The van der Waals surface area contributed by atoms with Gasteiger partial charge in [-0.15, -0.1) is 0 Å². The van der Waals surface area contributed by atoms with Crippen molar-refractivity contribution >= 4 is 29.1 Å². The number of amides is 3. The van der Waals surface area contributed by atoms with Crippen molar-refractivity contribution in [1.29, 1.82) is 0 Å². The normalized spacial score (nSPS) is 15.4. The second kappa shape index (κ2) is 9.85. The van der Waals surface area contributed by atoms with E-state index in [4.69, 9.17) is 0 Å². The molecule has 0 aromatic carbocycles. The lowest BCUT2D eigenvalue weighted by molar-refractivity contribution is -0.133. The zero-order valence-corrected chi connectivity index (χ0v) is 17.2. The van der Waals surface area contributed by atoms with E-state index in [2.05, 4.69) is 15.5 Å². The molecule has 2 rings (SSSR count). The van der Waals surface area contributed by atoms with Gasteiger partial charge < -0.3 is 15.5 Å². The second-order valence-electron chi connectivity index (χ2n) is 7.83. The first kappa shape index (κ1) is 21.4. The van der Waals surface area contributed by atoms with Crippen LogP contribution in [-0.4, -0.2) is 72.3 Å². The molecule has 1 aromatic heterocycles. The molecule has 0 unspecified atom stereocenters. The second-order valence-corrected chi connectivity index (χ2v) is 8.61. The fourth-order valence-electron chi connectivity index (χ4n) is 2.91. The molecule has 0 atom stereocenters. The van der Waals surface area contributed by atoms with Crippen LogP contribution in [0.4, 0.5) is 0 Å². The van der Waals surface area contributed by atoms with E-state index in [1.807, 2.05) is 36.4 Å². The zero-order valence-electron chi connectivity index (χ0n) is 16.4. The van der Waals surface area contributed by atoms with Crippen LogP contribution in [0.15, 0.2) is 16.8 Å². The van der Waals surface area contributed by atoms with Gasteiger partial charge >= 0.3 is 0 Å². The van der Waals surface area contributed by atoms with Gasteiger partial charge in [-0.2, -0.15) is 11.3 Å². The summed E-state index contributed by atoms with van der Waals surface area (Å²) in [6, 6.07) is 1.78. The van der Waals surface area contributed by atoms with Gasteiger partial charge in [-0.1, -0.05) is 0 Å². The van der Waals surface area contributed by atoms with E-state index in [1.54, 1.807) is 6.07 Å². The number of nitrogens with zero attached hydrogens (tertiary/aromatic N) is 2. The number of hydrogen-bond donors (Lipinski definition) is 2. The van der Waals surface area contributed by atoms with Crippen molar-refractivity contribution in [2.45, 2.75) is 39.2 Å². The van der Waals surface area contributed by atoms with Crippen molar-refractivity contribution in [3.63, 3.8) is 0 Å². The summed E-state index contributed by atoms with van der Waals surface area (Å²) >= 11 is 1.49. The third-order valence-corrected chi connectivity index (χ3v) is 4.93. The highest BCUT2D eigenvalue weighted by molar-refractivity contribution is 7.08. The average molecular weight is 395 g/mol. The van der Waals surface area contributed by atoms with Crippen LogP contribution in [0, 0.1) is 0 Å². The van der Waals surface area contributed by atoms with Crippen molar-refractivity contribution in [2.75, 3.05) is 39.3 Å². The highest BCUT2D eigenvalue weighted by atomic mass is 32.1. The van der Waals surface area contributed by atoms with Crippen LogP contribution < -0.4 is 10.6 Å². The first-order valence-corrected chi connectivity index (χ1v) is 10.3. The molecule has 1 saturated heterocycles. The average Bonchev–Trinajstić information content (AvgIpc) is 3.12. The summed E-state index contributed by atoms with van der Waals surface area (Å²) in [6.45, 7) is 9.45. The molecule has 7 nitrogen and oxygen atoms in total. The van der Waals surface area contributed by atoms with Crippen LogP contribution in [0.2, 0.25) is 0 Å². The molecular formula is C19H30N4O3S. The Kier molecular flexibility index (Phi) is 7.79. The molecule has 1 aliphatic rings. The Hall–Kier alpha value is -1.93. The largest absolute Gasteiger partial charge is 0.352 e. The predicted octanol–water partition coefficient (Wildman–Crippen LogP) is 1.32. The summed E-state index contributed by atoms with van der Waals surface area (Å²) in [5.74, 6) is 0.0352. The molecule has 1 aromatic rings. The van der Waals surface area contributed by atoms with Crippen molar-refractivity contribution in [2.24, 2.45) is 0 Å². The highest BCUT2D eigenvalue weighted by Gasteiger charge is 2.23. The Balaban J connectivity index is 1.60. The van der Waals surface area contributed by atoms with E-state index in [0.29, 0.717) is 57.7 Å². The summed E-state index contributed by atoms with van der Waals surface area (Å²) in [5, 5.41) is 9.47. The number of rotatable bonds is 7. The van der Waals surface area contributed by atoms with Gasteiger partial charge in [0.05, 0.1) is 6.54 Å². The standard InChI is InChI=1S/C19H30N4O3S/c1-19(2,3)21-16(24)13-22-8-10-23(11-9-22)17(25)5-4-7-20-18(26)15-6-12-27-14-15/h6,12,14H,4-5,7-11,13H2,1-3H3,(H,20,26)(H,21,24). The SMILES string of the molecule is CC(C)(C)NC(=O)CN1CCN(C(=O)CCCNC(=O)c2ccsc2)CC1. The number of hydrogen-bond acceptors (Lipinski definition) is 5. The number of piperazine rings is 1. The first-order chi connectivity index (χ1) is 12.7. The molecule has 0 bridgehead atoms. The fraction of sp³-hybridized carbons (Fsp3) is 0.632. The lowest BCUT2D eigenvalue weighted by Gasteiger charge is -2.35.